The number of amides is 3. The van der Waals surface area contributed by atoms with Crippen LogP contribution < -0.4 is 20.7 Å². The summed E-state index contributed by atoms with van der Waals surface area (Å²) in [6, 6.07) is 33.1. The Hall–Kier alpha value is -5.69. The van der Waals surface area contributed by atoms with Gasteiger partial charge >= 0.3 is 5.97 Å². The number of carbonyl (C=O) groups is 4. The fraction of sp³-hybridized carbons (Fsp3) is 0.171. The lowest BCUT2D eigenvalue weighted by atomic mass is 10.0. The van der Waals surface area contributed by atoms with Gasteiger partial charge in [-0.1, -0.05) is 72.8 Å². The summed E-state index contributed by atoms with van der Waals surface area (Å²) >= 11 is 2.70. The number of benzene rings is 4. The Morgan fingerprint density at radius 1 is 0.868 bits per heavy atom. The van der Waals surface area contributed by atoms with Gasteiger partial charge in [-0.05, 0) is 60.0 Å². The monoisotopic (exact) mass is 746 g/mol. The van der Waals surface area contributed by atoms with Crippen molar-refractivity contribution in [1.82, 2.24) is 10.2 Å². The number of nitrogens with one attached hydrogen (secondary N) is 3. The van der Waals surface area contributed by atoms with Gasteiger partial charge in [0.2, 0.25) is 5.91 Å². The van der Waals surface area contributed by atoms with E-state index in [0.29, 0.717) is 46.1 Å². The van der Waals surface area contributed by atoms with E-state index >= 15 is 0 Å². The topological polar surface area (TPSA) is 126 Å². The first-order valence-electron chi connectivity index (χ1n) is 16.9. The molecule has 3 N–H and O–H groups in total. The minimum Gasteiger partial charge on any atom is -0.496 e. The standard InChI is InChI=1S/C41H38N4O6S2/c1-50-34-19-10-9-16-29(34)22-33(43-38(47)28-14-7-4-8-15-28)39(48)42-30-17-11-18-31(23-30)52-26-36(46)44-40-37(41(49)51-2)32-20-21-45(25-35(32)53-40)24-27-12-5-3-6-13-27/h3-19,22-23H,20-21,24-26H2,1-2H3,(H,42,48)(H,43,47)(H,44,46)/b33-22+. The molecule has 2 heterocycles. The van der Waals surface area contributed by atoms with Gasteiger partial charge in [0, 0.05) is 46.2 Å². The van der Waals surface area contributed by atoms with Crippen molar-refractivity contribution in [1.29, 1.82) is 0 Å². The average Bonchev–Trinajstić information content (AvgIpc) is 3.54. The van der Waals surface area contributed by atoms with E-state index in [1.165, 1.54) is 42.9 Å². The van der Waals surface area contributed by atoms with Crippen LogP contribution in [0.25, 0.3) is 6.08 Å². The molecule has 12 heteroatoms. The van der Waals surface area contributed by atoms with Crippen LogP contribution in [-0.2, 0) is 33.8 Å². The SMILES string of the molecule is COC(=O)c1c(NC(=O)CSc2cccc(NC(=O)/C(=C\c3ccccc3OC)NC(=O)c3ccccc3)c2)sc2c1CCN(Cc1ccccc1)C2. The molecule has 0 saturated heterocycles. The number of para-hydroxylation sites is 1. The van der Waals surface area contributed by atoms with Gasteiger partial charge in [0.05, 0.1) is 25.5 Å². The molecule has 0 unspecified atom stereocenters. The average molecular weight is 747 g/mol. The van der Waals surface area contributed by atoms with Crippen LogP contribution in [0.15, 0.2) is 120 Å². The van der Waals surface area contributed by atoms with Gasteiger partial charge in [0.25, 0.3) is 11.8 Å². The van der Waals surface area contributed by atoms with E-state index < -0.39 is 17.8 Å². The molecule has 4 aromatic carbocycles. The molecule has 1 aromatic heterocycles. The number of anilines is 2. The Morgan fingerprint density at radius 2 is 1.60 bits per heavy atom. The maximum Gasteiger partial charge on any atom is 0.341 e. The van der Waals surface area contributed by atoms with Gasteiger partial charge in [-0.25, -0.2) is 4.79 Å². The molecule has 0 saturated carbocycles. The second-order valence-corrected chi connectivity index (χ2v) is 14.2. The molecule has 0 spiro atoms. The second-order valence-electron chi connectivity index (χ2n) is 12.1. The molecule has 53 heavy (non-hydrogen) atoms. The molecule has 0 fully saturated rings. The molecule has 0 atom stereocenters. The number of fused-ring (bicyclic) bond motifs is 1. The lowest BCUT2D eigenvalue weighted by molar-refractivity contribution is -0.114. The van der Waals surface area contributed by atoms with E-state index in [4.69, 9.17) is 9.47 Å². The molecule has 5 aromatic rings. The van der Waals surface area contributed by atoms with Crippen LogP contribution in [0.2, 0.25) is 0 Å². The highest BCUT2D eigenvalue weighted by atomic mass is 32.2. The van der Waals surface area contributed by atoms with Gasteiger partial charge in [0.1, 0.15) is 16.4 Å². The fourth-order valence-corrected chi connectivity index (χ4v) is 7.95. The molecule has 270 valence electrons. The number of thiophene rings is 1. The van der Waals surface area contributed by atoms with Gasteiger partial charge in [0.15, 0.2) is 0 Å². The highest BCUT2D eigenvalue weighted by Gasteiger charge is 2.29. The first-order valence-corrected chi connectivity index (χ1v) is 18.7. The molecule has 6 rings (SSSR count). The first kappa shape index (κ1) is 37.1. The summed E-state index contributed by atoms with van der Waals surface area (Å²) in [5, 5.41) is 9.05. The van der Waals surface area contributed by atoms with E-state index in [-0.39, 0.29) is 17.4 Å². The van der Waals surface area contributed by atoms with Gasteiger partial charge in [-0.15, -0.1) is 23.1 Å². The van der Waals surface area contributed by atoms with Crippen LogP contribution in [0.5, 0.6) is 5.75 Å². The smallest absolute Gasteiger partial charge is 0.341 e. The van der Waals surface area contributed by atoms with E-state index in [2.05, 4.69) is 33.0 Å². The first-order chi connectivity index (χ1) is 25.8. The molecule has 3 amide bonds. The molecule has 1 aliphatic heterocycles. The lowest BCUT2D eigenvalue weighted by Crippen LogP contribution is -2.30. The Labute approximate surface area is 316 Å². The Bertz CT molecular complexity index is 2130. The Kier molecular flexibility index (Phi) is 12.4. The van der Waals surface area contributed by atoms with E-state index in [0.717, 1.165) is 28.4 Å². The lowest BCUT2D eigenvalue weighted by Gasteiger charge is -2.27. The predicted molar refractivity (Wildman–Crippen MR) is 209 cm³/mol. The van der Waals surface area contributed by atoms with E-state index in [1.807, 2.05) is 36.4 Å². The van der Waals surface area contributed by atoms with Crippen molar-refractivity contribution in [3.05, 3.63) is 148 Å². The number of nitrogens with zero attached hydrogens (tertiary/aromatic N) is 1. The van der Waals surface area contributed by atoms with Crippen LogP contribution >= 0.6 is 23.1 Å². The number of hydrogen-bond acceptors (Lipinski definition) is 9. The van der Waals surface area contributed by atoms with Crippen molar-refractivity contribution >= 4 is 63.6 Å². The minimum atomic E-state index is -0.542. The normalized spacial score (nSPS) is 12.7. The number of ether oxygens (including phenoxy) is 2. The minimum absolute atomic E-state index is 0.0176. The largest absolute Gasteiger partial charge is 0.496 e. The number of thioether (sulfide) groups is 1. The number of rotatable bonds is 13. The maximum atomic E-state index is 13.6. The highest BCUT2D eigenvalue weighted by Crippen LogP contribution is 2.38. The second kappa shape index (κ2) is 17.7. The Balaban J connectivity index is 1.12. The maximum absolute atomic E-state index is 13.6. The van der Waals surface area contributed by atoms with Crippen molar-refractivity contribution in [2.24, 2.45) is 0 Å². The number of carbonyl (C=O) groups excluding carboxylic acids is 4. The van der Waals surface area contributed by atoms with Crippen LogP contribution in [0.1, 0.15) is 42.3 Å². The van der Waals surface area contributed by atoms with E-state index in [9.17, 15) is 19.2 Å². The molecule has 10 nitrogen and oxygen atoms in total. The van der Waals surface area contributed by atoms with E-state index in [1.54, 1.807) is 66.7 Å². The summed E-state index contributed by atoms with van der Waals surface area (Å²) < 4.78 is 10.6. The third kappa shape index (κ3) is 9.60. The predicted octanol–water partition coefficient (Wildman–Crippen LogP) is 7.24. The summed E-state index contributed by atoms with van der Waals surface area (Å²) in [5.41, 5.74) is 4.06. The summed E-state index contributed by atoms with van der Waals surface area (Å²) in [6.07, 6.45) is 2.24. The van der Waals surface area contributed by atoms with Crippen molar-refractivity contribution in [2.75, 3.05) is 37.2 Å². The van der Waals surface area contributed by atoms with Crippen molar-refractivity contribution in [2.45, 2.75) is 24.4 Å². The molecular weight excluding hydrogens is 709 g/mol. The van der Waals surface area contributed by atoms with Crippen LogP contribution in [0.3, 0.4) is 0 Å². The van der Waals surface area contributed by atoms with Gasteiger partial charge < -0.3 is 25.4 Å². The summed E-state index contributed by atoms with van der Waals surface area (Å²) in [5.74, 6) is -1.13. The Morgan fingerprint density at radius 3 is 2.36 bits per heavy atom. The molecule has 0 bridgehead atoms. The van der Waals surface area contributed by atoms with Gasteiger partial charge in [-0.3, -0.25) is 19.3 Å². The van der Waals surface area contributed by atoms with Crippen LogP contribution in [0.4, 0.5) is 10.7 Å². The summed E-state index contributed by atoms with van der Waals surface area (Å²) in [7, 11) is 2.88. The third-order valence-corrected chi connectivity index (χ3v) is 10.6. The molecule has 0 radical (unpaired) electrons. The summed E-state index contributed by atoms with van der Waals surface area (Å²) in [4.78, 5) is 56.9. The zero-order valence-electron chi connectivity index (χ0n) is 29.2. The van der Waals surface area contributed by atoms with Crippen LogP contribution in [0, 0.1) is 0 Å². The quantitative estimate of drug-likeness (QED) is 0.0655. The highest BCUT2D eigenvalue weighted by molar-refractivity contribution is 8.00. The number of esters is 1. The number of hydrogen-bond donors (Lipinski definition) is 3. The van der Waals surface area contributed by atoms with Gasteiger partial charge in [-0.2, -0.15) is 0 Å². The van der Waals surface area contributed by atoms with Crippen LogP contribution in [-0.4, -0.2) is 55.1 Å². The molecule has 1 aliphatic rings. The molecule has 0 aliphatic carbocycles. The van der Waals surface area contributed by atoms with Crippen molar-refractivity contribution in [3.63, 3.8) is 0 Å². The van der Waals surface area contributed by atoms with Crippen molar-refractivity contribution in [3.8, 4) is 5.75 Å². The zero-order chi connectivity index (χ0) is 37.2. The third-order valence-electron chi connectivity index (χ3n) is 8.46. The number of methoxy groups -OCH3 is 2. The molecular formula is C41H38N4O6S2. The zero-order valence-corrected chi connectivity index (χ0v) is 30.9. The summed E-state index contributed by atoms with van der Waals surface area (Å²) in [6.45, 7) is 2.26. The fourth-order valence-electron chi connectivity index (χ4n) is 5.90. The van der Waals surface area contributed by atoms with Crippen molar-refractivity contribution < 1.29 is 28.7 Å².